The van der Waals surface area contributed by atoms with E-state index in [1.54, 1.807) is 11.3 Å². The van der Waals surface area contributed by atoms with Crippen LogP contribution in [0.1, 0.15) is 10.4 Å². The van der Waals surface area contributed by atoms with Gasteiger partial charge in [-0.2, -0.15) is 0 Å². The van der Waals surface area contributed by atoms with Crippen LogP contribution in [-0.2, 0) is 13.0 Å². The van der Waals surface area contributed by atoms with Crippen LogP contribution in [0.15, 0.2) is 35.7 Å². The lowest BCUT2D eigenvalue weighted by Crippen LogP contribution is -2.16. The third-order valence-electron chi connectivity index (χ3n) is 2.38. The molecule has 1 N–H and O–H groups in total. The Labute approximate surface area is 103 Å². The van der Waals surface area contributed by atoms with E-state index >= 15 is 0 Å². The van der Waals surface area contributed by atoms with Gasteiger partial charge in [0.05, 0.1) is 0 Å². The van der Waals surface area contributed by atoms with Gasteiger partial charge in [-0.25, -0.2) is 8.78 Å². The Kier molecular flexibility index (Phi) is 4.23. The summed E-state index contributed by atoms with van der Waals surface area (Å²) in [6, 6.07) is 7.67. The first-order valence-corrected chi connectivity index (χ1v) is 6.30. The standard InChI is InChI=1S/C13H13F2NS/c14-11-6-10(7-12(15)8-11)9-16-4-3-13-2-1-5-17-13/h1-2,5-8,16H,3-4,9H2. The predicted molar refractivity (Wildman–Crippen MR) is 66.1 cm³/mol. The second-order valence-electron chi connectivity index (χ2n) is 3.78. The van der Waals surface area contributed by atoms with E-state index < -0.39 is 11.6 Å². The third kappa shape index (κ3) is 3.91. The second-order valence-corrected chi connectivity index (χ2v) is 4.82. The maximum Gasteiger partial charge on any atom is 0.126 e. The van der Waals surface area contributed by atoms with Gasteiger partial charge >= 0.3 is 0 Å². The number of halogens is 2. The van der Waals surface area contributed by atoms with Gasteiger partial charge in [-0.05, 0) is 35.6 Å². The molecular formula is C13H13F2NS. The van der Waals surface area contributed by atoms with Crippen LogP contribution >= 0.6 is 11.3 Å². The van der Waals surface area contributed by atoms with Crippen molar-refractivity contribution in [2.24, 2.45) is 0 Å². The Bertz CT molecular complexity index is 448. The largest absolute Gasteiger partial charge is 0.312 e. The van der Waals surface area contributed by atoms with E-state index in [1.807, 2.05) is 11.4 Å². The fraction of sp³-hybridized carbons (Fsp3) is 0.231. The van der Waals surface area contributed by atoms with Gasteiger partial charge in [-0.1, -0.05) is 6.07 Å². The molecule has 0 unspecified atom stereocenters. The summed E-state index contributed by atoms with van der Waals surface area (Å²) in [6.07, 6.45) is 0.940. The Hall–Kier alpha value is -1.26. The van der Waals surface area contributed by atoms with Crippen molar-refractivity contribution in [1.82, 2.24) is 5.32 Å². The first-order chi connectivity index (χ1) is 8.24. The van der Waals surface area contributed by atoms with Crippen LogP contribution in [0.4, 0.5) is 8.78 Å². The highest BCUT2D eigenvalue weighted by molar-refractivity contribution is 7.09. The van der Waals surface area contributed by atoms with Crippen molar-refractivity contribution >= 4 is 11.3 Å². The molecule has 0 aliphatic carbocycles. The molecule has 1 aromatic heterocycles. The zero-order valence-electron chi connectivity index (χ0n) is 9.25. The zero-order valence-corrected chi connectivity index (χ0v) is 10.1. The minimum atomic E-state index is -0.528. The Morgan fingerprint density at radius 1 is 1.12 bits per heavy atom. The molecular weight excluding hydrogens is 240 g/mol. The quantitative estimate of drug-likeness (QED) is 0.806. The molecule has 0 amide bonds. The lowest BCUT2D eigenvalue weighted by molar-refractivity contribution is 0.575. The van der Waals surface area contributed by atoms with Crippen LogP contribution in [0.5, 0.6) is 0 Å². The van der Waals surface area contributed by atoms with E-state index in [4.69, 9.17) is 0 Å². The predicted octanol–water partition coefficient (Wildman–Crippen LogP) is 3.36. The van der Waals surface area contributed by atoms with Crippen molar-refractivity contribution in [2.75, 3.05) is 6.54 Å². The molecule has 0 aliphatic rings. The van der Waals surface area contributed by atoms with E-state index in [9.17, 15) is 8.78 Å². The average molecular weight is 253 g/mol. The molecule has 1 aromatic carbocycles. The molecule has 0 saturated carbocycles. The SMILES string of the molecule is Fc1cc(F)cc(CNCCc2cccs2)c1. The highest BCUT2D eigenvalue weighted by atomic mass is 32.1. The number of hydrogen-bond acceptors (Lipinski definition) is 2. The number of thiophene rings is 1. The lowest BCUT2D eigenvalue weighted by Gasteiger charge is -2.04. The van der Waals surface area contributed by atoms with Crippen LogP contribution in [0.3, 0.4) is 0 Å². The molecule has 1 nitrogen and oxygen atoms in total. The summed E-state index contributed by atoms with van der Waals surface area (Å²) in [4.78, 5) is 1.31. The van der Waals surface area contributed by atoms with Gasteiger partial charge < -0.3 is 5.32 Å². The number of hydrogen-bond donors (Lipinski definition) is 1. The minimum absolute atomic E-state index is 0.486. The summed E-state index contributed by atoms with van der Waals surface area (Å²) in [5.41, 5.74) is 0.633. The van der Waals surface area contributed by atoms with Crippen LogP contribution in [-0.4, -0.2) is 6.54 Å². The van der Waals surface area contributed by atoms with Crippen molar-refractivity contribution in [3.05, 3.63) is 57.8 Å². The normalized spacial score (nSPS) is 10.7. The summed E-state index contributed by atoms with van der Waals surface area (Å²) in [7, 11) is 0. The summed E-state index contributed by atoms with van der Waals surface area (Å²) < 4.78 is 25.8. The van der Waals surface area contributed by atoms with E-state index in [2.05, 4.69) is 11.4 Å². The fourth-order valence-corrected chi connectivity index (χ4v) is 2.32. The van der Waals surface area contributed by atoms with Crippen LogP contribution in [0.25, 0.3) is 0 Å². The van der Waals surface area contributed by atoms with Crippen molar-refractivity contribution in [1.29, 1.82) is 0 Å². The number of rotatable bonds is 5. The highest BCUT2D eigenvalue weighted by Crippen LogP contribution is 2.09. The smallest absolute Gasteiger partial charge is 0.126 e. The molecule has 17 heavy (non-hydrogen) atoms. The maximum absolute atomic E-state index is 12.9. The fourth-order valence-electron chi connectivity index (χ4n) is 1.61. The molecule has 2 rings (SSSR count). The molecule has 4 heteroatoms. The molecule has 0 spiro atoms. The van der Waals surface area contributed by atoms with Gasteiger partial charge in [-0.3, -0.25) is 0 Å². The molecule has 0 atom stereocenters. The van der Waals surface area contributed by atoms with Crippen LogP contribution in [0, 0.1) is 11.6 Å². The third-order valence-corrected chi connectivity index (χ3v) is 3.32. The minimum Gasteiger partial charge on any atom is -0.312 e. The van der Waals surface area contributed by atoms with Crippen LogP contribution < -0.4 is 5.32 Å². The zero-order chi connectivity index (χ0) is 12.1. The average Bonchev–Trinajstić information content (AvgIpc) is 2.76. The first kappa shape index (κ1) is 12.2. The Balaban J connectivity index is 1.78. The molecule has 0 radical (unpaired) electrons. The van der Waals surface area contributed by atoms with Crippen molar-refractivity contribution in [3.8, 4) is 0 Å². The highest BCUT2D eigenvalue weighted by Gasteiger charge is 2.00. The van der Waals surface area contributed by atoms with E-state index in [0.717, 1.165) is 19.0 Å². The van der Waals surface area contributed by atoms with Gasteiger partial charge in [0.1, 0.15) is 11.6 Å². The van der Waals surface area contributed by atoms with Gasteiger partial charge in [0.2, 0.25) is 0 Å². The van der Waals surface area contributed by atoms with Gasteiger partial charge in [-0.15, -0.1) is 11.3 Å². The van der Waals surface area contributed by atoms with E-state index in [-0.39, 0.29) is 0 Å². The monoisotopic (exact) mass is 253 g/mol. The Morgan fingerprint density at radius 2 is 1.88 bits per heavy atom. The van der Waals surface area contributed by atoms with E-state index in [1.165, 1.54) is 17.0 Å². The molecule has 0 saturated heterocycles. The van der Waals surface area contributed by atoms with Crippen molar-refractivity contribution in [3.63, 3.8) is 0 Å². The number of nitrogens with one attached hydrogen (secondary N) is 1. The summed E-state index contributed by atoms with van der Waals surface area (Å²) in [5.74, 6) is -1.06. The molecule has 90 valence electrons. The maximum atomic E-state index is 12.9. The lowest BCUT2D eigenvalue weighted by atomic mass is 10.2. The van der Waals surface area contributed by atoms with Gasteiger partial charge in [0.25, 0.3) is 0 Å². The summed E-state index contributed by atoms with van der Waals surface area (Å²) in [5, 5.41) is 5.21. The molecule has 2 aromatic rings. The van der Waals surface area contributed by atoms with Crippen LogP contribution in [0.2, 0.25) is 0 Å². The molecule has 0 aliphatic heterocycles. The number of benzene rings is 1. The van der Waals surface area contributed by atoms with Crippen molar-refractivity contribution < 1.29 is 8.78 Å². The molecule has 0 fully saturated rings. The first-order valence-electron chi connectivity index (χ1n) is 5.42. The topological polar surface area (TPSA) is 12.0 Å². The summed E-state index contributed by atoms with van der Waals surface area (Å²) in [6.45, 7) is 1.29. The second kappa shape index (κ2) is 5.89. The molecule has 0 bridgehead atoms. The molecule has 1 heterocycles. The Morgan fingerprint density at radius 3 is 2.53 bits per heavy atom. The van der Waals surface area contributed by atoms with Gasteiger partial charge in [0.15, 0.2) is 0 Å². The van der Waals surface area contributed by atoms with E-state index in [0.29, 0.717) is 12.1 Å². The van der Waals surface area contributed by atoms with Gasteiger partial charge in [0, 0.05) is 24.0 Å². The van der Waals surface area contributed by atoms with Crippen molar-refractivity contribution in [2.45, 2.75) is 13.0 Å². The summed E-state index contributed by atoms with van der Waals surface area (Å²) >= 11 is 1.71.